The Bertz CT molecular complexity index is 786. The number of morpholine rings is 1. The van der Waals surface area contributed by atoms with Gasteiger partial charge in [-0.05, 0) is 24.1 Å². The van der Waals surface area contributed by atoms with Gasteiger partial charge in [-0.15, -0.1) is 0 Å². The highest BCUT2D eigenvalue weighted by molar-refractivity contribution is 6.33. The van der Waals surface area contributed by atoms with Gasteiger partial charge < -0.3 is 19.4 Å². The molecule has 1 atom stereocenters. The van der Waals surface area contributed by atoms with E-state index in [-0.39, 0.29) is 11.9 Å². The first-order valence-corrected chi connectivity index (χ1v) is 10.00. The number of methoxy groups -OCH3 is 1. The number of hydrogen-bond acceptors (Lipinski definition) is 4. The highest BCUT2D eigenvalue weighted by Gasteiger charge is 2.25. The SMILES string of the molecule is COc1cc(-n2cccc2)c(Cl)cc1C(=O)NCC(C(C)C)N1CCOCC1. The van der Waals surface area contributed by atoms with E-state index in [2.05, 4.69) is 24.1 Å². The maximum absolute atomic E-state index is 12.9. The Kier molecular flexibility index (Phi) is 6.99. The summed E-state index contributed by atoms with van der Waals surface area (Å²) in [6.07, 6.45) is 3.80. The van der Waals surface area contributed by atoms with Crippen LogP contribution in [0.3, 0.4) is 0 Å². The molecule has 1 aliphatic heterocycles. The summed E-state index contributed by atoms with van der Waals surface area (Å²) in [5.41, 5.74) is 1.21. The molecular weight excluding hydrogens is 378 g/mol. The molecule has 6 nitrogen and oxygen atoms in total. The van der Waals surface area contributed by atoms with Gasteiger partial charge in [0.25, 0.3) is 5.91 Å². The van der Waals surface area contributed by atoms with Crippen LogP contribution in [0.15, 0.2) is 36.7 Å². The number of carbonyl (C=O) groups is 1. The third-order valence-corrected chi connectivity index (χ3v) is 5.45. The second kappa shape index (κ2) is 9.45. The third kappa shape index (κ3) is 4.69. The number of ether oxygens (including phenoxy) is 2. The van der Waals surface area contributed by atoms with Crippen molar-refractivity contribution in [1.82, 2.24) is 14.8 Å². The molecule has 0 aliphatic carbocycles. The summed E-state index contributed by atoms with van der Waals surface area (Å²) >= 11 is 6.45. The van der Waals surface area contributed by atoms with Gasteiger partial charge in [-0.3, -0.25) is 9.69 Å². The molecule has 1 N–H and O–H groups in total. The summed E-state index contributed by atoms with van der Waals surface area (Å²) in [5.74, 6) is 0.731. The molecule has 1 saturated heterocycles. The Morgan fingerprint density at radius 1 is 1.25 bits per heavy atom. The van der Waals surface area contributed by atoms with E-state index >= 15 is 0 Å². The summed E-state index contributed by atoms with van der Waals surface area (Å²) in [6, 6.07) is 7.56. The van der Waals surface area contributed by atoms with E-state index in [1.165, 1.54) is 0 Å². The van der Waals surface area contributed by atoms with Gasteiger partial charge in [0.1, 0.15) is 5.75 Å². The predicted molar refractivity (Wildman–Crippen MR) is 111 cm³/mol. The van der Waals surface area contributed by atoms with Crippen molar-refractivity contribution in [1.29, 1.82) is 0 Å². The Hall–Kier alpha value is -2.02. The highest BCUT2D eigenvalue weighted by atomic mass is 35.5. The zero-order valence-corrected chi connectivity index (χ0v) is 17.4. The van der Waals surface area contributed by atoms with Crippen molar-refractivity contribution in [2.75, 3.05) is 40.0 Å². The van der Waals surface area contributed by atoms with Crippen LogP contribution in [-0.2, 0) is 4.74 Å². The minimum absolute atomic E-state index is 0.184. The van der Waals surface area contributed by atoms with Gasteiger partial charge in [0.2, 0.25) is 0 Å². The van der Waals surface area contributed by atoms with Gasteiger partial charge in [-0.1, -0.05) is 25.4 Å². The van der Waals surface area contributed by atoms with Gasteiger partial charge in [-0.25, -0.2) is 0 Å². The van der Waals surface area contributed by atoms with Crippen LogP contribution in [0.2, 0.25) is 5.02 Å². The minimum atomic E-state index is -0.184. The monoisotopic (exact) mass is 405 g/mol. The van der Waals surface area contributed by atoms with Crippen LogP contribution in [0.4, 0.5) is 0 Å². The zero-order chi connectivity index (χ0) is 20.1. The smallest absolute Gasteiger partial charge is 0.255 e. The van der Waals surface area contributed by atoms with Crippen molar-refractivity contribution in [2.24, 2.45) is 5.92 Å². The number of benzene rings is 1. The van der Waals surface area contributed by atoms with Crippen LogP contribution in [0.5, 0.6) is 5.75 Å². The maximum Gasteiger partial charge on any atom is 0.255 e. The van der Waals surface area contributed by atoms with E-state index in [0.29, 0.717) is 28.8 Å². The van der Waals surface area contributed by atoms with Gasteiger partial charge >= 0.3 is 0 Å². The lowest BCUT2D eigenvalue weighted by atomic mass is 10.0. The van der Waals surface area contributed by atoms with E-state index in [4.69, 9.17) is 21.1 Å². The lowest BCUT2D eigenvalue weighted by Gasteiger charge is -2.37. The second-order valence-corrected chi connectivity index (χ2v) is 7.67. The van der Waals surface area contributed by atoms with E-state index in [0.717, 1.165) is 32.0 Å². The Balaban J connectivity index is 1.75. The molecule has 1 aromatic carbocycles. The molecule has 1 amide bonds. The standard InChI is InChI=1S/C21H28ClN3O3/c1-15(2)19(25-8-10-28-11-9-25)14-23-21(26)16-12-17(22)18(13-20(16)27-3)24-6-4-5-7-24/h4-7,12-13,15,19H,8-11,14H2,1-3H3,(H,23,26). The predicted octanol–water partition coefficient (Wildman–Crippen LogP) is 3.23. The van der Waals surface area contributed by atoms with Crippen LogP contribution in [0.25, 0.3) is 5.69 Å². The fourth-order valence-corrected chi connectivity index (χ4v) is 3.83. The first kappa shape index (κ1) is 20.7. The molecule has 28 heavy (non-hydrogen) atoms. The summed E-state index contributed by atoms with van der Waals surface area (Å²) in [4.78, 5) is 15.3. The topological polar surface area (TPSA) is 55.7 Å². The average Bonchev–Trinajstić information content (AvgIpc) is 3.23. The van der Waals surface area contributed by atoms with Gasteiger partial charge in [0.05, 0.1) is 36.6 Å². The van der Waals surface area contributed by atoms with E-state index in [9.17, 15) is 4.79 Å². The molecule has 1 aliphatic rings. The first-order chi connectivity index (χ1) is 13.5. The molecule has 1 unspecified atom stereocenters. The molecule has 0 saturated carbocycles. The quantitative estimate of drug-likeness (QED) is 0.768. The zero-order valence-electron chi connectivity index (χ0n) is 16.7. The molecule has 2 aromatic rings. The first-order valence-electron chi connectivity index (χ1n) is 9.62. The van der Waals surface area contributed by atoms with Crippen molar-refractivity contribution in [3.05, 3.63) is 47.2 Å². The van der Waals surface area contributed by atoms with Crippen molar-refractivity contribution >= 4 is 17.5 Å². The second-order valence-electron chi connectivity index (χ2n) is 7.26. The van der Waals surface area contributed by atoms with E-state index < -0.39 is 0 Å². The van der Waals surface area contributed by atoms with Gasteiger partial charge in [0.15, 0.2) is 0 Å². The lowest BCUT2D eigenvalue weighted by molar-refractivity contribution is 0.00672. The molecule has 1 aromatic heterocycles. The molecule has 7 heteroatoms. The fourth-order valence-electron chi connectivity index (χ4n) is 3.57. The van der Waals surface area contributed by atoms with Crippen LogP contribution in [-0.4, -0.2) is 61.4 Å². The summed E-state index contributed by atoms with van der Waals surface area (Å²) < 4.78 is 12.8. The number of nitrogens with zero attached hydrogens (tertiary/aromatic N) is 2. The largest absolute Gasteiger partial charge is 0.496 e. The Morgan fingerprint density at radius 3 is 2.54 bits per heavy atom. The Labute approximate surface area is 171 Å². The summed E-state index contributed by atoms with van der Waals surface area (Å²) in [7, 11) is 1.56. The molecule has 0 bridgehead atoms. The summed E-state index contributed by atoms with van der Waals surface area (Å²) in [5, 5.41) is 3.56. The number of amides is 1. The van der Waals surface area contributed by atoms with Gasteiger partial charge in [0, 0.05) is 44.1 Å². The third-order valence-electron chi connectivity index (χ3n) is 5.15. The van der Waals surface area contributed by atoms with Crippen molar-refractivity contribution in [3.63, 3.8) is 0 Å². The summed E-state index contributed by atoms with van der Waals surface area (Å²) in [6.45, 7) is 8.17. The fraction of sp³-hybridized carbons (Fsp3) is 0.476. The minimum Gasteiger partial charge on any atom is -0.496 e. The number of hydrogen-bond donors (Lipinski definition) is 1. The Morgan fingerprint density at radius 2 is 1.93 bits per heavy atom. The molecule has 1 fully saturated rings. The molecule has 3 rings (SSSR count). The number of rotatable bonds is 7. The lowest BCUT2D eigenvalue weighted by Crippen LogP contribution is -2.51. The molecule has 0 spiro atoms. The van der Waals surface area contributed by atoms with E-state index in [1.54, 1.807) is 19.2 Å². The number of halogens is 1. The maximum atomic E-state index is 12.9. The van der Waals surface area contributed by atoms with E-state index in [1.807, 2.05) is 29.1 Å². The highest BCUT2D eigenvalue weighted by Crippen LogP contribution is 2.30. The number of nitrogens with one attached hydrogen (secondary N) is 1. The van der Waals surface area contributed by atoms with Crippen molar-refractivity contribution in [2.45, 2.75) is 19.9 Å². The average molecular weight is 406 g/mol. The molecular formula is C21H28ClN3O3. The van der Waals surface area contributed by atoms with Gasteiger partial charge in [-0.2, -0.15) is 0 Å². The normalized spacial score (nSPS) is 16.2. The van der Waals surface area contributed by atoms with Crippen molar-refractivity contribution < 1.29 is 14.3 Å². The van der Waals surface area contributed by atoms with Crippen LogP contribution >= 0.6 is 11.6 Å². The molecule has 152 valence electrons. The number of carbonyl (C=O) groups excluding carboxylic acids is 1. The molecule has 0 radical (unpaired) electrons. The van der Waals surface area contributed by atoms with Crippen LogP contribution < -0.4 is 10.1 Å². The van der Waals surface area contributed by atoms with Crippen LogP contribution in [0.1, 0.15) is 24.2 Å². The number of aromatic nitrogens is 1. The molecule has 2 heterocycles. The van der Waals surface area contributed by atoms with Crippen molar-refractivity contribution in [3.8, 4) is 11.4 Å². The van der Waals surface area contributed by atoms with Crippen LogP contribution in [0, 0.1) is 5.92 Å².